The van der Waals surface area contributed by atoms with Gasteiger partial charge in [0.25, 0.3) is 0 Å². The van der Waals surface area contributed by atoms with Gasteiger partial charge in [-0.3, -0.25) is 0 Å². The normalized spacial score (nSPS) is 10.0. The molecule has 0 atom stereocenters. The summed E-state index contributed by atoms with van der Waals surface area (Å²) >= 11 is 0. The zero-order valence-electron chi connectivity index (χ0n) is 5.18. The van der Waals surface area contributed by atoms with Crippen LogP contribution in [-0.4, -0.2) is 16.9 Å². The van der Waals surface area contributed by atoms with Gasteiger partial charge in [-0.1, -0.05) is 0 Å². The van der Waals surface area contributed by atoms with E-state index in [1.165, 1.54) is 0 Å². The van der Waals surface area contributed by atoms with Crippen LogP contribution in [0.3, 0.4) is 0 Å². The van der Waals surface area contributed by atoms with E-state index in [1.807, 2.05) is 0 Å². The van der Waals surface area contributed by atoms with Crippen molar-refractivity contribution in [2.45, 2.75) is 18.9 Å². The lowest BCUT2D eigenvalue weighted by molar-refractivity contribution is 0.440. The predicted molar refractivity (Wildman–Crippen MR) is 35.2 cm³/mol. The van der Waals surface area contributed by atoms with Crippen LogP contribution in [0.25, 0.3) is 0 Å². The molecule has 0 N–H and O–H groups in total. The summed E-state index contributed by atoms with van der Waals surface area (Å²) in [6.07, 6.45) is 1.72. The van der Waals surface area contributed by atoms with Gasteiger partial charge in [0.05, 0.1) is 6.07 Å². The molecule has 0 unspecified atom stereocenters. The lowest BCUT2D eigenvalue weighted by atomic mass is 10.4. The van der Waals surface area contributed by atoms with Crippen molar-refractivity contribution in [3.8, 4) is 6.07 Å². The number of hydrogen-bond donors (Lipinski definition) is 0. The van der Waals surface area contributed by atoms with E-state index in [2.05, 4.69) is 6.07 Å². The molecular weight excluding hydrogens is 118 g/mol. The molecule has 0 bridgehead atoms. The molecule has 3 heteroatoms. The first kappa shape index (κ1) is 7.67. The molecule has 8 heavy (non-hydrogen) atoms. The molecule has 0 aromatic rings. The molecule has 46 valence electrons. The van der Waals surface area contributed by atoms with Gasteiger partial charge < -0.3 is 4.43 Å². The minimum Gasteiger partial charge on any atom is -0.427 e. The summed E-state index contributed by atoms with van der Waals surface area (Å²) in [5.41, 5.74) is 0. The molecule has 0 radical (unpaired) electrons. The average molecular weight is 129 g/mol. The first-order valence-corrected chi connectivity index (χ1v) is 4.35. The Morgan fingerprint density at radius 3 is 3.00 bits per heavy atom. The maximum Gasteiger partial charge on any atom is 0.161 e. The van der Waals surface area contributed by atoms with E-state index in [-0.39, 0.29) is 9.76 Å². The molecule has 0 aromatic heterocycles. The summed E-state index contributed by atoms with van der Waals surface area (Å²) in [6.45, 7) is 0. The van der Waals surface area contributed by atoms with Crippen LogP contribution in [0, 0.1) is 11.3 Å². The summed E-state index contributed by atoms with van der Waals surface area (Å²) in [5.74, 6) is 0. The van der Waals surface area contributed by atoms with Crippen molar-refractivity contribution in [3.63, 3.8) is 0 Å². The highest BCUT2D eigenvalue weighted by Crippen LogP contribution is 1.91. The van der Waals surface area contributed by atoms with E-state index in [4.69, 9.17) is 9.69 Å². The highest BCUT2D eigenvalue weighted by Gasteiger charge is 1.84. The van der Waals surface area contributed by atoms with Crippen molar-refractivity contribution in [3.05, 3.63) is 0 Å². The van der Waals surface area contributed by atoms with Gasteiger partial charge in [-0.2, -0.15) is 5.26 Å². The molecule has 0 fully saturated rings. The second kappa shape index (κ2) is 6.67. The van der Waals surface area contributed by atoms with E-state index in [0.717, 1.165) is 12.5 Å². The molecule has 0 aliphatic carbocycles. The lowest BCUT2D eigenvalue weighted by Crippen LogP contribution is -1.90. The summed E-state index contributed by atoms with van der Waals surface area (Å²) in [4.78, 5) is 0. The monoisotopic (exact) mass is 129 g/mol. The van der Waals surface area contributed by atoms with Crippen LogP contribution < -0.4 is 0 Å². The number of hydrogen-bond acceptors (Lipinski definition) is 2. The standard InChI is InChI=1S/C5H11NOSi/c1-7-8-5-3-2-4-6/h2-3,5,8H2,1H3. The van der Waals surface area contributed by atoms with E-state index < -0.39 is 0 Å². The molecule has 0 aliphatic heterocycles. The van der Waals surface area contributed by atoms with Gasteiger partial charge in [-0.25, -0.2) is 0 Å². The van der Waals surface area contributed by atoms with E-state index in [1.54, 1.807) is 7.11 Å². The number of unbranched alkanes of at least 4 members (excludes halogenated alkanes) is 1. The molecule has 0 aromatic carbocycles. The maximum absolute atomic E-state index is 8.09. The second-order valence-corrected chi connectivity index (χ2v) is 3.30. The number of nitriles is 1. The topological polar surface area (TPSA) is 33.0 Å². The molecule has 2 nitrogen and oxygen atoms in total. The Labute approximate surface area is 52.4 Å². The Hall–Kier alpha value is -0.333. The molecule has 0 saturated carbocycles. The number of nitrogens with zero attached hydrogens (tertiary/aromatic N) is 1. The quantitative estimate of drug-likeness (QED) is 0.407. The molecular formula is C5H11NOSi. The van der Waals surface area contributed by atoms with Gasteiger partial charge in [-0.05, 0) is 12.5 Å². The lowest BCUT2D eigenvalue weighted by Gasteiger charge is -1.90. The van der Waals surface area contributed by atoms with Gasteiger partial charge in [0, 0.05) is 13.5 Å². The van der Waals surface area contributed by atoms with Gasteiger partial charge in [0.1, 0.15) is 0 Å². The highest BCUT2D eigenvalue weighted by molar-refractivity contribution is 6.26. The van der Waals surface area contributed by atoms with Gasteiger partial charge >= 0.3 is 0 Å². The summed E-state index contributed by atoms with van der Waals surface area (Å²) < 4.78 is 4.92. The molecule has 0 rings (SSSR count). The van der Waals surface area contributed by atoms with Crippen molar-refractivity contribution in [1.82, 2.24) is 0 Å². The fraction of sp³-hybridized carbons (Fsp3) is 0.800. The van der Waals surface area contributed by atoms with Crippen LogP contribution in [0.15, 0.2) is 0 Å². The SMILES string of the molecule is CO[SiH2]CCCC#N. The third-order valence-electron chi connectivity index (χ3n) is 0.887. The van der Waals surface area contributed by atoms with Crippen molar-refractivity contribution in [2.24, 2.45) is 0 Å². The minimum atomic E-state index is -0.250. The van der Waals surface area contributed by atoms with Crippen LogP contribution in [0.1, 0.15) is 12.8 Å². The van der Waals surface area contributed by atoms with Gasteiger partial charge in [0.2, 0.25) is 0 Å². The van der Waals surface area contributed by atoms with E-state index in [0.29, 0.717) is 6.42 Å². The largest absolute Gasteiger partial charge is 0.427 e. The zero-order valence-corrected chi connectivity index (χ0v) is 6.60. The van der Waals surface area contributed by atoms with Crippen LogP contribution in [-0.2, 0) is 4.43 Å². The predicted octanol–water partition coefficient (Wildman–Crippen LogP) is 0.439. The Balaban J connectivity index is 2.65. The minimum absolute atomic E-state index is 0.250. The zero-order chi connectivity index (χ0) is 6.24. The number of rotatable bonds is 4. The third-order valence-corrected chi connectivity index (χ3v) is 2.08. The highest BCUT2D eigenvalue weighted by atomic mass is 28.2. The third kappa shape index (κ3) is 5.67. The van der Waals surface area contributed by atoms with Crippen LogP contribution in [0.2, 0.25) is 6.04 Å². The second-order valence-electron chi connectivity index (χ2n) is 1.61. The van der Waals surface area contributed by atoms with Gasteiger partial charge in [-0.15, -0.1) is 0 Å². The Bertz CT molecular complexity index is 79.0. The fourth-order valence-electron chi connectivity index (χ4n) is 0.450. The van der Waals surface area contributed by atoms with E-state index >= 15 is 0 Å². The molecule has 0 heterocycles. The van der Waals surface area contributed by atoms with Crippen molar-refractivity contribution in [2.75, 3.05) is 7.11 Å². The summed E-state index contributed by atoms with van der Waals surface area (Å²) in [7, 11) is 1.48. The average Bonchev–Trinajstić information content (AvgIpc) is 1.81. The molecule has 0 saturated heterocycles. The molecule has 0 aliphatic rings. The van der Waals surface area contributed by atoms with Crippen LogP contribution in [0.4, 0.5) is 0 Å². The van der Waals surface area contributed by atoms with Crippen molar-refractivity contribution in [1.29, 1.82) is 5.26 Å². The van der Waals surface area contributed by atoms with Crippen molar-refractivity contribution >= 4 is 9.76 Å². The smallest absolute Gasteiger partial charge is 0.161 e. The first-order valence-electron chi connectivity index (χ1n) is 2.77. The molecule has 0 amide bonds. The molecule has 0 spiro atoms. The van der Waals surface area contributed by atoms with Crippen molar-refractivity contribution < 1.29 is 4.43 Å². The Kier molecular flexibility index (Phi) is 6.39. The summed E-state index contributed by atoms with van der Waals surface area (Å²) in [5, 5.41) is 8.09. The van der Waals surface area contributed by atoms with E-state index in [9.17, 15) is 0 Å². The van der Waals surface area contributed by atoms with Gasteiger partial charge in [0.15, 0.2) is 9.76 Å². The fourth-order valence-corrected chi connectivity index (χ4v) is 1.19. The summed E-state index contributed by atoms with van der Waals surface area (Å²) in [6, 6.07) is 3.24. The maximum atomic E-state index is 8.09. The van der Waals surface area contributed by atoms with Crippen LogP contribution >= 0.6 is 0 Å². The first-order chi connectivity index (χ1) is 3.91. The van der Waals surface area contributed by atoms with Crippen LogP contribution in [0.5, 0.6) is 0 Å². The Morgan fingerprint density at radius 2 is 2.50 bits per heavy atom. The Morgan fingerprint density at radius 1 is 1.75 bits per heavy atom.